The van der Waals surface area contributed by atoms with Crippen molar-refractivity contribution in [2.75, 3.05) is 0 Å². The van der Waals surface area contributed by atoms with E-state index < -0.39 is 0 Å². The lowest BCUT2D eigenvalue weighted by Crippen LogP contribution is -1.94. The van der Waals surface area contributed by atoms with Crippen LogP contribution >= 0.6 is 11.6 Å². The molecule has 0 atom stereocenters. The molecular formula is C9H9ClN4. The fraction of sp³-hybridized carbons (Fsp3) is 0.222. The van der Waals surface area contributed by atoms with Crippen molar-refractivity contribution in [2.24, 2.45) is 0 Å². The van der Waals surface area contributed by atoms with Gasteiger partial charge in [0.25, 0.3) is 0 Å². The lowest BCUT2D eigenvalue weighted by atomic mass is 10.2. The third-order valence-electron chi connectivity index (χ3n) is 1.80. The molecule has 72 valence electrons. The van der Waals surface area contributed by atoms with Crippen LogP contribution in [0.25, 0.3) is 0 Å². The first-order valence-electron chi connectivity index (χ1n) is 4.21. The Balaban J connectivity index is 2.18. The summed E-state index contributed by atoms with van der Waals surface area (Å²) in [6, 6.07) is 1.80. The zero-order valence-electron chi connectivity index (χ0n) is 7.66. The first kappa shape index (κ1) is 9.15. The number of halogens is 1. The highest BCUT2D eigenvalue weighted by molar-refractivity contribution is 6.30. The van der Waals surface area contributed by atoms with E-state index in [1.807, 2.05) is 6.92 Å². The minimum absolute atomic E-state index is 0.603. The van der Waals surface area contributed by atoms with Gasteiger partial charge < -0.3 is 4.98 Å². The summed E-state index contributed by atoms with van der Waals surface area (Å²) in [5, 5.41) is 8.34. The van der Waals surface area contributed by atoms with E-state index in [2.05, 4.69) is 20.2 Å². The highest BCUT2D eigenvalue weighted by atomic mass is 35.5. The van der Waals surface area contributed by atoms with Gasteiger partial charge in [0.2, 0.25) is 0 Å². The van der Waals surface area contributed by atoms with E-state index in [0.717, 1.165) is 17.2 Å². The molecule has 0 aliphatic heterocycles. The van der Waals surface area contributed by atoms with Gasteiger partial charge in [-0.15, -0.1) is 0 Å². The number of aromatic amines is 1. The van der Waals surface area contributed by atoms with Crippen molar-refractivity contribution in [2.45, 2.75) is 13.3 Å². The number of nitrogens with zero attached hydrogens (tertiary/aromatic N) is 3. The fourth-order valence-electron chi connectivity index (χ4n) is 1.23. The van der Waals surface area contributed by atoms with E-state index in [-0.39, 0.29) is 0 Å². The Labute approximate surface area is 86.4 Å². The van der Waals surface area contributed by atoms with E-state index >= 15 is 0 Å². The molecule has 0 aromatic carbocycles. The molecule has 1 N–H and O–H groups in total. The summed E-state index contributed by atoms with van der Waals surface area (Å²) >= 11 is 5.79. The number of hydrogen-bond donors (Lipinski definition) is 1. The van der Waals surface area contributed by atoms with E-state index in [1.165, 1.54) is 6.20 Å². The second-order valence-electron chi connectivity index (χ2n) is 3.04. The molecule has 2 aromatic heterocycles. The van der Waals surface area contributed by atoms with Crippen molar-refractivity contribution in [1.82, 2.24) is 20.2 Å². The molecule has 0 amide bonds. The largest absolute Gasteiger partial charge is 0.346 e. The molecule has 5 heteroatoms. The van der Waals surface area contributed by atoms with E-state index in [4.69, 9.17) is 11.6 Å². The average Bonchev–Trinajstić information content (AvgIpc) is 2.51. The van der Waals surface area contributed by atoms with Crippen LogP contribution in [0.3, 0.4) is 0 Å². The summed E-state index contributed by atoms with van der Waals surface area (Å²) in [4.78, 5) is 7.22. The number of imidazole rings is 1. The molecule has 0 unspecified atom stereocenters. The van der Waals surface area contributed by atoms with E-state index in [1.54, 1.807) is 12.3 Å². The zero-order chi connectivity index (χ0) is 9.97. The average molecular weight is 209 g/mol. The van der Waals surface area contributed by atoms with Gasteiger partial charge in [-0.05, 0) is 13.0 Å². The van der Waals surface area contributed by atoms with Crippen molar-refractivity contribution in [3.8, 4) is 0 Å². The lowest BCUT2D eigenvalue weighted by molar-refractivity contribution is 0.921. The van der Waals surface area contributed by atoms with Crippen LogP contribution in [0.5, 0.6) is 0 Å². The SMILES string of the molecule is Cc1ncc(Cc2cc(Cl)cnn2)[nH]1. The van der Waals surface area contributed by atoms with Crippen LogP contribution in [0.4, 0.5) is 0 Å². The van der Waals surface area contributed by atoms with Crippen LogP contribution in [0.1, 0.15) is 17.2 Å². The standard InChI is InChI=1S/C9H9ClN4/c1-6-11-5-9(13-6)3-8-2-7(10)4-12-14-8/h2,4-5H,3H2,1H3,(H,11,13). The predicted octanol–water partition coefficient (Wildman–Crippen LogP) is 1.75. The first-order chi connectivity index (χ1) is 6.74. The van der Waals surface area contributed by atoms with Gasteiger partial charge in [-0.3, -0.25) is 0 Å². The van der Waals surface area contributed by atoms with Gasteiger partial charge >= 0.3 is 0 Å². The summed E-state index contributed by atoms with van der Waals surface area (Å²) in [7, 11) is 0. The molecular weight excluding hydrogens is 200 g/mol. The van der Waals surface area contributed by atoms with Crippen molar-refractivity contribution in [3.63, 3.8) is 0 Å². The molecule has 0 radical (unpaired) electrons. The van der Waals surface area contributed by atoms with Gasteiger partial charge in [0.1, 0.15) is 5.82 Å². The Morgan fingerprint density at radius 3 is 2.93 bits per heavy atom. The fourth-order valence-corrected chi connectivity index (χ4v) is 1.40. The van der Waals surface area contributed by atoms with Crippen molar-refractivity contribution in [1.29, 1.82) is 0 Å². The minimum atomic E-state index is 0.603. The van der Waals surface area contributed by atoms with Crippen LogP contribution in [0.15, 0.2) is 18.5 Å². The first-order valence-corrected chi connectivity index (χ1v) is 4.59. The van der Waals surface area contributed by atoms with Crippen LogP contribution < -0.4 is 0 Å². The predicted molar refractivity (Wildman–Crippen MR) is 53.2 cm³/mol. The molecule has 0 bridgehead atoms. The van der Waals surface area contributed by atoms with Crippen LogP contribution in [0.2, 0.25) is 5.02 Å². The summed E-state index contributed by atoms with van der Waals surface area (Å²) in [6.07, 6.45) is 3.98. The maximum absolute atomic E-state index is 5.79. The number of aromatic nitrogens is 4. The van der Waals surface area contributed by atoms with Gasteiger partial charge in [0, 0.05) is 18.3 Å². The Hall–Kier alpha value is -1.42. The van der Waals surface area contributed by atoms with Gasteiger partial charge in [-0.25, -0.2) is 4.98 Å². The molecule has 2 heterocycles. The van der Waals surface area contributed by atoms with Crippen molar-refractivity contribution < 1.29 is 0 Å². The molecule has 0 spiro atoms. The molecule has 0 fully saturated rings. The molecule has 0 saturated carbocycles. The monoisotopic (exact) mass is 208 g/mol. The minimum Gasteiger partial charge on any atom is -0.346 e. The Bertz CT molecular complexity index is 438. The van der Waals surface area contributed by atoms with Gasteiger partial charge in [-0.1, -0.05) is 11.6 Å². The topological polar surface area (TPSA) is 54.5 Å². The van der Waals surface area contributed by atoms with Crippen molar-refractivity contribution >= 4 is 11.6 Å². The smallest absolute Gasteiger partial charge is 0.103 e. The van der Waals surface area contributed by atoms with Crippen LogP contribution in [-0.4, -0.2) is 20.2 Å². The Morgan fingerprint density at radius 2 is 2.29 bits per heavy atom. The molecule has 4 nitrogen and oxygen atoms in total. The van der Waals surface area contributed by atoms with Crippen LogP contribution in [-0.2, 0) is 6.42 Å². The molecule has 0 aliphatic carbocycles. The number of aryl methyl sites for hydroxylation is 1. The maximum atomic E-state index is 5.79. The Morgan fingerprint density at radius 1 is 1.43 bits per heavy atom. The molecule has 0 aliphatic rings. The summed E-state index contributed by atoms with van der Waals surface area (Å²) in [6.45, 7) is 1.91. The quantitative estimate of drug-likeness (QED) is 0.818. The van der Waals surface area contributed by atoms with Gasteiger partial charge in [0.15, 0.2) is 0 Å². The number of nitrogens with one attached hydrogen (secondary N) is 1. The lowest BCUT2D eigenvalue weighted by Gasteiger charge is -1.96. The highest BCUT2D eigenvalue weighted by Gasteiger charge is 2.01. The van der Waals surface area contributed by atoms with Gasteiger partial charge in [0.05, 0.1) is 16.9 Å². The van der Waals surface area contributed by atoms with Crippen LogP contribution in [0, 0.1) is 6.92 Å². The summed E-state index contributed by atoms with van der Waals surface area (Å²) in [5.74, 6) is 0.898. The number of hydrogen-bond acceptors (Lipinski definition) is 3. The molecule has 0 saturated heterocycles. The summed E-state index contributed by atoms with van der Waals surface area (Å²) in [5.41, 5.74) is 1.85. The third-order valence-corrected chi connectivity index (χ3v) is 2.01. The normalized spacial score (nSPS) is 10.4. The van der Waals surface area contributed by atoms with E-state index in [9.17, 15) is 0 Å². The second-order valence-corrected chi connectivity index (χ2v) is 3.47. The summed E-state index contributed by atoms with van der Waals surface area (Å²) < 4.78 is 0. The molecule has 2 aromatic rings. The zero-order valence-corrected chi connectivity index (χ0v) is 8.41. The van der Waals surface area contributed by atoms with Crippen molar-refractivity contribution in [3.05, 3.63) is 40.7 Å². The molecule has 14 heavy (non-hydrogen) atoms. The molecule has 2 rings (SSSR count). The third kappa shape index (κ3) is 2.09. The van der Waals surface area contributed by atoms with E-state index in [0.29, 0.717) is 11.4 Å². The highest BCUT2D eigenvalue weighted by Crippen LogP contribution is 2.09. The number of H-pyrrole nitrogens is 1. The van der Waals surface area contributed by atoms with Gasteiger partial charge in [-0.2, -0.15) is 10.2 Å². The Kier molecular flexibility index (Phi) is 2.45. The maximum Gasteiger partial charge on any atom is 0.103 e. The number of rotatable bonds is 2. The second kappa shape index (κ2) is 3.75.